The molecule has 0 saturated heterocycles. The van der Waals surface area contributed by atoms with E-state index in [2.05, 4.69) is 48.3 Å². The molecule has 1 aliphatic heterocycles. The lowest BCUT2D eigenvalue weighted by atomic mass is 10.0. The lowest BCUT2D eigenvalue weighted by Gasteiger charge is -2.36. The van der Waals surface area contributed by atoms with Crippen LogP contribution in [0.25, 0.3) is 0 Å². The van der Waals surface area contributed by atoms with Crippen molar-refractivity contribution in [2.45, 2.75) is 45.3 Å². The van der Waals surface area contributed by atoms with Gasteiger partial charge in [-0.05, 0) is 55.9 Å². The lowest BCUT2D eigenvalue weighted by Crippen LogP contribution is -2.47. The Hall–Kier alpha value is -2.90. The SMILES string of the molecule is CO[C@@H]1CN(C)C(=O)c2cc(NC(=O)C3CC3)ccc2OC[C@H](C)N(CCc2ccccc2)C[C@H]1C. The molecule has 3 atom stereocenters. The number of nitrogens with one attached hydrogen (secondary N) is 1. The highest BCUT2D eigenvalue weighted by molar-refractivity contribution is 6.00. The Morgan fingerprint density at radius 2 is 1.86 bits per heavy atom. The van der Waals surface area contributed by atoms with Crippen molar-refractivity contribution in [3.05, 3.63) is 59.7 Å². The van der Waals surface area contributed by atoms with E-state index in [1.54, 1.807) is 31.2 Å². The Bertz CT molecular complexity index is 1040. The molecule has 1 heterocycles. The molecule has 0 bridgehead atoms. The third kappa shape index (κ3) is 6.65. The zero-order valence-corrected chi connectivity index (χ0v) is 21.9. The van der Waals surface area contributed by atoms with Crippen molar-refractivity contribution >= 4 is 17.5 Å². The van der Waals surface area contributed by atoms with Gasteiger partial charge in [-0.25, -0.2) is 0 Å². The van der Waals surface area contributed by atoms with Crippen molar-refractivity contribution in [2.24, 2.45) is 11.8 Å². The highest BCUT2D eigenvalue weighted by Crippen LogP contribution is 2.31. The molecule has 2 aromatic carbocycles. The third-order valence-corrected chi connectivity index (χ3v) is 7.32. The molecule has 2 aliphatic rings. The monoisotopic (exact) mass is 493 g/mol. The summed E-state index contributed by atoms with van der Waals surface area (Å²) in [6, 6.07) is 16.0. The predicted octanol–water partition coefficient (Wildman–Crippen LogP) is 4.08. The van der Waals surface area contributed by atoms with Gasteiger partial charge in [0.15, 0.2) is 0 Å². The molecule has 36 heavy (non-hydrogen) atoms. The number of benzene rings is 2. The van der Waals surface area contributed by atoms with E-state index in [0.29, 0.717) is 30.2 Å². The number of hydrogen-bond donors (Lipinski definition) is 1. The van der Waals surface area contributed by atoms with Crippen LogP contribution in [0.4, 0.5) is 5.69 Å². The molecule has 0 aromatic heterocycles. The van der Waals surface area contributed by atoms with Crippen molar-refractivity contribution in [2.75, 3.05) is 45.7 Å². The van der Waals surface area contributed by atoms with Gasteiger partial charge in [0.2, 0.25) is 5.91 Å². The second-order valence-corrected chi connectivity index (χ2v) is 10.3. The number of amides is 2. The maximum absolute atomic E-state index is 13.5. The molecule has 1 saturated carbocycles. The fourth-order valence-electron chi connectivity index (χ4n) is 4.75. The molecule has 1 aliphatic carbocycles. The highest BCUT2D eigenvalue weighted by Gasteiger charge is 2.31. The molecular weight excluding hydrogens is 454 g/mol. The van der Waals surface area contributed by atoms with Gasteiger partial charge in [0.1, 0.15) is 12.4 Å². The van der Waals surface area contributed by atoms with Crippen molar-refractivity contribution in [1.82, 2.24) is 9.80 Å². The van der Waals surface area contributed by atoms with Crippen LogP contribution in [0.3, 0.4) is 0 Å². The first-order valence-corrected chi connectivity index (χ1v) is 13.0. The topological polar surface area (TPSA) is 71.1 Å². The highest BCUT2D eigenvalue weighted by atomic mass is 16.5. The molecule has 0 spiro atoms. The van der Waals surface area contributed by atoms with Gasteiger partial charge in [0, 0.05) is 51.4 Å². The molecule has 0 unspecified atom stereocenters. The average Bonchev–Trinajstić information content (AvgIpc) is 3.74. The fraction of sp³-hybridized carbons (Fsp3) is 0.517. The van der Waals surface area contributed by atoms with E-state index >= 15 is 0 Å². The van der Waals surface area contributed by atoms with Gasteiger partial charge in [-0.2, -0.15) is 0 Å². The van der Waals surface area contributed by atoms with E-state index < -0.39 is 0 Å². The minimum absolute atomic E-state index is 0.0146. The van der Waals surface area contributed by atoms with Crippen LogP contribution in [0.2, 0.25) is 0 Å². The standard InChI is InChI=1S/C29H39N3O4/c1-20-17-32(15-14-22-8-6-5-7-9-22)21(2)19-36-26-13-12-24(30-28(33)23-10-11-23)16-25(26)29(34)31(3)18-27(20)35-4/h5-9,12-13,16,20-21,23,27H,10-11,14-15,17-19H2,1-4H3,(H,30,33)/t20-,21+,27-/m1/s1. The van der Waals surface area contributed by atoms with E-state index in [9.17, 15) is 9.59 Å². The number of nitrogens with zero attached hydrogens (tertiary/aromatic N) is 2. The van der Waals surface area contributed by atoms with Crippen molar-refractivity contribution in [3.63, 3.8) is 0 Å². The number of methoxy groups -OCH3 is 1. The quantitative estimate of drug-likeness (QED) is 0.657. The fourth-order valence-corrected chi connectivity index (χ4v) is 4.75. The van der Waals surface area contributed by atoms with Crippen molar-refractivity contribution < 1.29 is 19.1 Å². The van der Waals surface area contributed by atoms with Gasteiger partial charge in [-0.1, -0.05) is 37.3 Å². The summed E-state index contributed by atoms with van der Waals surface area (Å²) < 4.78 is 12.1. The Balaban J connectivity index is 1.57. The number of likely N-dealkylation sites (N-methyl/N-ethyl adjacent to an activating group) is 1. The van der Waals surface area contributed by atoms with Crippen LogP contribution in [0, 0.1) is 11.8 Å². The molecule has 0 radical (unpaired) electrons. The van der Waals surface area contributed by atoms with Gasteiger partial charge >= 0.3 is 0 Å². The number of carbonyl (C=O) groups is 2. The maximum Gasteiger partial charge on any atom is 0.257 e. The Morgan fingerprint density at radius 3 is 2.56 bits per heavy atom. The van der Waals surface area contributed by atoms with Gasteiger partial charge in [-0.15, -0.1) is 0 Å². The third-order valence-electron chi connectivity index (χ3n) is 7.32. The molecule has 2 aromatic rings. The van der Waals surface area contributed by atoms with Crippen LogP contribution in [-0.4, -0.2) is 74.2 Å². The van der Waals surface area contributed by atoms with Crippen LogP contribution in [-0.2, 0) is 16.0 Å². The van der Waals surface area contributed by atoms with E-state index in [4.69, 9.17) is 9.47 Å². The molecular formula is C29H39N3O4. The molecule has 7 nitrogen and oxygen atoms in total. The summed E-state index contributed by atoms with van der Waals surface area (Å²) in [7, 11) is 3.51. The first kappa shape index (κ1) is 26.2. The summed E-state index contributed by atoms with van der Waals surface area (Å²) in [6.07, 6.45) is 2.70. The second-order valence-electron chi connectivity index (χ2n) is 10.3. The largest absolute Gasteiger partial charge is 0.491 e. The molecule has 1 N–H and O–H groups in total. The first-order chi connectivity index (χ1) is 17.4. The van der Waals surface area contributed by atoms with E-state index in [-0.39, 0.29) is 35.8 Å². The minimum atomic E-state index is -0.143. The van der Waals surface area contributed by atoms with E-state index in [1.807, 2.05) is 12.1 Å². The summed E-state index contributed by atoms with van der Waals surface area (Å²) in [6.45, 7) is 7.02. The summed E-state index contributed by atoms with van der Waals surface area (Å²) >= 11 is 0. The first-order valence-electron chi connectivity index (χ1n) is 13.0. The zero-order valence-electron chi connectivity index (χ0n) is 21.9. The predicted molar refractivity (Wildman–Crippen MR) is 141 cm³/mol. The van der Waals surface area contributed by atoms with Gasteiger partial charge in [0.25, 0.3) is 5.91 Å². The Labute approximate surface area is 214 Å². The minimum Gasteiger partial charge on any atom is -0.491 e. The molecule has 194 valence electrons. The summed E-state index contributed by atoms with van der Waals surface area (Å²) in [5.41, 5.74) is 2.39. The van der Waals surface area contributed by atoms with Crippen LogP contribution < -0.4 is 10.1 Å². The number of hydrogen-bond acceptors (Lipinski definition) is 5. The number of anilines is 1. The van der Waals surface area contributed by atoms with E-state index in [0.717, 1.165) is 32.4 Å². The number of fused-ring (bicyclic) bond motifs is 1. The van der Waals surface area contributed by atoms with E-state index in [1.165, 1.54) is 5.56 Å². The summed E-state index contributed by atoms with van der Waals surface area (Å²) in [5, 5.41) is 2.95. The average molecular weight is 494 g/mol. The van der Waals surface area contributed by atoms with Gasteiger partial charge in [-0.3, -0.25) is 14.5 Å². The second kappa shape index (κ2) is 11.9. The summed E-state index contributed by atoms with van der Waals surface area (Å²) in [4.78, 5) is 29.9. The van der Waals surface area contributed by atoms with Gasteiger partial charge in [0.05, 0.1) is 11.7 Å². The zero-order chi connectivity index (χ0) is 25.7. The molecule has 1 fully saturated rings. The van der Waals surface area contributed by atoms with Crippen LogP contribution in [0.1, 0.15) is 42.6 Å². The lowest BCUT2D eigenvalue weighted by molar-refractivity contribution is -0.117. The molecule has 4 rings (SSSR count). The summed E-state index contributed by atoms with van der Waals surface area (Å²) in [5.74, 6) is 0.712. The maximum atomic E-state index is 13.5. The molecule has 7 heteroatoms. The van der Waals surface area contributed by atoms with Crippen LogP contribution in [0.15, 0.2) is 48.5 Å². The van der Waals surface area contributed by atoms with Crippen LogP contribution >= 0.6 is 0 Å². The van der Waals surface area contributed by atoms with Crippen LogP contribution in [0.5, 0.6) is 5.75 Å². The number of carbonyl (C=O) groups excluding carboxylic acids is 2. The van der Waals surface area contributed by atoms with Crippen molar-refractivity contribution in [1.29, 1.82) is 0 Å². The smallest absolute Gasteiger partial charge is 0.257 e. The van der Waals surface area contributed by atoms with Crippen molar-refractivity contribution in [3.8, 4) is 5.75 Å². The Kier molecular flexibility index (Phi) is 8.64. The normalized spacial score (nSPS) is 23.7. The van der Waals surface area contributed by atoms with Gasteiger partial charge < -0.3 is 19.7 Å². The molecule has 2 amide bonds. The Morgan fingerprint density at radius 1 is 1.11 bits per heavy atom. The number of ether oxygens (including phenoxy) is 2. The number of rotatable bonds is 6.